The van der Waals surface area contributed by atoms with Crippen LogP contribution in [0.25, 0.3) is 5.52 Å². The Morgan fingerprint density at radius 1 is 1.02 bits per heavy atom. The van der Waals surface area contributed by atoms with Crippen LogP contribution in [-0.2, 0) is 22.7 Å². The molecule has 1 atom stereocenters. The molecule has 0 N–H and O–H groups in total. The van der Waals surface area contributed by atoms with Crippen molar-refractivity contribution in [3.8, 4) is 5.88 Å². The summed E-state index contributed by atoms with van der Waals surface area (Å²) in [5, 5.41) is 4.46. The zero-order chi connectivity index (χ0) is 31.4. The van der Waals surface area contributed by atoms with Gasteiger partial charge < -0.3 is 9.47 Å². The molecule has 2 aromatic carbocycles. The summed E-state index contributed by atoms with van der Waals surface area (Å²) in [4.78, 5) is 26.3. The summed E-state index contributed by atoms with van der Waals surface area (Å²) >= 11 is 0. The van der Waals surface area contributed by atoms with Crippen LogP contribution in [0.3, 0.4) is 0 Å². The highest BCUT2D eigenvalue weighted by Gasteiger charge is 2.29. The number of halogens is 2. The topological polar surface area (TPSA) is 69.9 Å². The molecule has 0 aliphatic carbocycles. The van der Waals surface area contributed by atoms with Crippen molar-refractivity contribution in [3.63, 3.8) is 0 Å². The summed E-state index contributed by atoms with van der Waals surface area (Å²) in [6, 6.07) is 16.1. The van der Waals surface area contributed by atoms with Gasteiger partial charge in [-0.15, -0.1) is 0 Å². The molecule has 2 heterocycles. The second kappa shape index (κ2) is 12.4. The summed E-state index contributed by atoms with van der Waals surface area (Å²) in [7, 11) is 0. The molecule has 4 aromatic rings. The highest BCUT2D eigenvalue weighted by molar-refractivity contribution is 6.03. The third-order valence-electron chi connectivity index (χ3n) is 6.92. The molecule has 4 rings (SSSR count). The molecule has 1 unspecified atom stereocenters. The van der Waals surface area contributed by atoms with Crippen molar-refractivity contribution in [1.82, 2.24) is 9.61 Å². The van der Waals surface area contributed by atoms with Crippen LogP contribution in [0.4, 0.5) is 8.78 Å². The average Bonchev–Trinajstić information content (AvgIpc) is 3.25. The molecule has 0 spiro atoms. The number of esters is 1. The first-order chi connectivity index (χ1) is 20.2. The number of carbonyl (C=O) groups excluding carboxylic acids is 2. The van der Waals surface area contributed by atoms with E-state index in [1.165, 1.54) is 10.6 Å². The average molecular weight is 552 g/mol. The van der Waals surface area contributed by atoms with Crippen molar-refractivity contribution in [2.45, 2.75) is 66.5 Å². The number of ether oxygens (including phenoxy) is 2. The molecular formula is C32H34F2N2O4. The number of aromatic nitrogens is 2. The fraction of sp³-hybridized carbons (Fsp3) is 0.344. The van der Waals surface area contributed by atoms with Crippen LogP contribution in [0.15, 0.2) is 60.7 Å². The van der Waals surface area contributed by atoms with E-state index in [1.54, 1.807) is 32.9 Å². The van der Waals surface area contributed by atoms with Crippen molar-refractivity contribution < 1.29 is 32.0 Å². The highest BCUT2D eigenvalue weighted by atomic mass is 19.1. The molecule has 210 valence electrons. The van der Waals surface area contributed by atoms with E-state index in [0.717, 1.165) is 23.3 Å². The van der Waals surface area contributed by atoms with Gasteiger partial charge >= 0.3 is 5.97 Å². The Bertz CT molecular complexity index is 1600. The van der Waals surface area contributed by atoms with Crippen LogP contribution in [0, 0.1) is 30.9 Å². The van der Waals surface area contributed by atoms with Gasteiger partial charge in [-0.25, -0.2) is 13.3 Å². The number of rotatable bonds is 12. The van der Waals surface area contributed by atoms with Crippen molar-refractivity contribution in [2.24, 2.45) is 5.41 Å². The number of carbonyl (C=O) groups is 2. The lowest BCUT2D eigenvalue weighted by molar-refractivity contribution is -0.147. The van der Waals surface area contributed by atoms with Crippen LogP contribution in [-0.4, -0.2) is 21.4 Å². The SMILES string of the molecule is [2H]C([2H])([2H])CC(C)(CCC(=O)c1c(C)nn2c(OCc3c(F)cccc3F)cc(C)cc12)CC(=O)OCc1ccccc1. The minimum atomic E-state index is -2.32. The highest BCUT2D eigenvalue weighted by Crippen LogP contribution is 2.34. The number of Topliss-reactive ketones (excluding diaryl/α,β-unsaturated/α-hetero) is 1. The Kier molecular flexibility index (Phi) is 7.73. The molecule has 0 aliphatic rings. The van der Waals surface area contributed by atoms with E-state index in [1.807, 2.05) is 30.3 Å². The minimum Gasteiger partial charge on any atom is -0.473 e. The minimum absolute atomic E-state index is 0.0364. The van der Waals surface area contributed by atoms with Gasteiger partial charge in [0, 0.05) is 16.6 Å². The van der Waals surface area contributed by atoms with Crippen LogP contribution >= 0.6 is 0 Å². The first-order valence-electron chi connectivity index (χ1n) is 14.5. The van der Waals surface area contributed by atoms with Gasteiger partial charge in [0.05, 0.1) is 28.8 Å². The Morgan fingerprint density at radius 3 is 2.45 bits per heavy atom. The third kappa shape index (κ3) is 6.73. The molecule has 0 aliphatic heterocycles. The van der Waals surface area contributed by atoms with Crippen molar-refractivity contribution >= 4 is 17.3 Å². The molecular weight excluding hydrogens is 514 g/mol. The predicted molar refractivity (Wildman–Crippen MR) is 148 cm³/mol. The van der Waals surface area contributed by atoms with Gasteiger partial charge in [0.15, 0.2) is 5.78 Å². The molecule has 0 saturated heterocycles. The van der Waals surface area contributed by atoms with E-state index in [9.17, 15) is 18.4 Å². The summed E-state index contributed by atoms with van der Waals surface area (Å²) in [6.45, 7) is 2.50. The van der Waals surface area contributed by atoms with Crippen molar-refractivity contribution in [1.29, 1.82) is 0 Å². The Hall–Kier alpha value is -4.07. The quantitative estimate of drug-likeness (QED) is 0.136. The Labute approximate surface area is 237 Å². The zero-order valence-corrected chi connectivity index (χ0v) is 22.8. The largest absolute Gasteiger partial charge is 0.473 e. The van der Waals surface area contributed by atoms with Gasteiger partial charge in [0.1, 0.15) is 24.8 Å². The Balaban J connectivity index is 1.52. The van der Waals surface area contributed by atoms with Crippen molar-refractivity contribution in [3.05, 3.63) is 100 Å². The van der Waals surface area contributed by atoms with Crippen LogP contribution in [0.5, 0.6) is 5.88 Å². The first-order valence-corrected chi connectivity index (χ1v) is 13.0. The number of fused-ring (bicyclic) bond motifs is 1. The lowest BCUT2D eigenvalue weighted by Crippen LogP contribution is -2.23. The van der Waals surface area contributed by atoms with Crippen LogP contribution in [0.1, 0.15) is 76.3 Å². The summed E-state index contributed by atoms with van der Waals surface area (Å²) in [6.07, 6.45) is -0.345. The van der Waals surface area contributed by atoms with Gasteiger partial charge in [-0.2, -0.15) is 5.10 Å². The van der Waals surface area contributed by atoms with Crippen molar-refractivity contribution in [2.75, 3.05) is 0 Å². The van der Waals surface area contributed by atoms with E-state index < -0.39 is 29.9 Å². The summed E-state index contributed by atoms with van der Waals surface area (Å²) in [5.74, 6) is -2.09. The number of benzene rings is 2. The molecule has 2 aromatic heterocycles. The van der Waals surface area contributed by atoms with E-state index in [2.05, 4.69) is 5.10 Å². The summed E-state index contributed by atoms with van der Waals surface area (Å²) in [5.41, 5.74) is 1.48. The molecule has 0 saturated carbocycles. The molecule has 0 radical (unpaired) electrons. The maximum atomic E-state index is 14.2. The number of hydrogen-bond donors (Lipinski definition) is 0. The van der Waals surface area contributed by atoms with E-state index in [-0.39, 0.29) is 56.1 Å². The molecule has 0 fully saturated rings. The molecule has 6 nitrogen and oxygen atoms in total. The van der Waals surface area contributed by atoms with Gasteiger partial charge in [-0.1, -0.05) is 56.6 Å². The van der Waals surface area contributed by atoms with E-state index >= 15 is 0 Å². The number of pyridine rings is 1. The zero-order valence-electron chi connectivity index (χ0n) is 25.8. The molecule has 8 heteroatoms. The van der Waals surface area contributed by atoms with Crippen LogP contribution in [0.2, 0.25) is 0 Å². The number of nitrogens with zero attached hydrogens (tertiary/aromatic N) is 2. The van der Waals surface area contributed by atoms with E-state index in [0.29, 0.717) is 16.8 Å². The van der Waals surface area contributed by atoms with Gasteiger partial charge in [-0.05, 0) is 55.0 Å². The maximum absolute atomic E-state index is 14.2. The second-order valence-corrected chi connectivity index (χ2v) is 10.4. The van der Waals surface area contributed by atoms with Gasteiger partial charge in [-0.3, -0.25) is 9.59 Å². The lowest BCUT2D eigenvalue weighted by atomic mass is 9.78. The monoisotopic (exact) mass is 551 g/mol. The van der Waals surface area contributed by atoms with E-state index in [4.69, 9.17) is 13.6 Å². The molecule has 0 amide bonds. The number of hydrogen-bond acceptors (Lipinski definition) is 5. The second-order valence-electron chi connectivity index (χ2n) is 10.4. The lowest BCUT2D eigenvalue weighted by Gasteiger charge is -2.27. The third-order valence-corrected chi connectivity index (χ3v) is 6.92. The summed E-state index contributed by atoms with van der Waals surface area (Å²) < 4.78 is 64.4. The predicted octanol–water partition coefficient (Wildman–Crippen LogP) is 7.32. The first kappa shape index (κ1) is 24.9. The number of aryl methyl sites for hydroxylation is 2. The molecule has 0 bridgehead atoms. The Morgan fingerprint density at radius 2 is 1.75 bits per heavy atom. The smallest absolute Gasteiger partial charge is 0.306 e. The van der Waals surface area contributed by atoms with Gasteiger partial charge in [0.25, 0.3) is 0 Å². The van der Waals surface area contributed by atoms with Crippen LogP contribution < -0.4 is 4.74 Å². The maximum Gasteiger partial charge on any atom is 0.306 e. The number of ketones is 1. The van der Waals surface area contributed by atoms with Gasteiger partial charge in [0.2, 0.25) is 5.88 Å². The fourth-order valence-corrected chi connectivity index (χ4v) is 4.54. The molecule has 40 heavy (non-hydrogen) atoms. The standard InChI is InChI=1S/C32H34F2N2O4/c1-5-32(4,18-30(38)40-19-23-10-7-6-8-11-23)15-14-28(37)31-22(3)35-36-27(31)16-21(2)17-29(36)39-20-24-25(33)12-9-13-26(24)34/h6-13,16-17H,5,14-15,18-20H2,1-4H3/i1D3. The normalized spacial score (nSPS) is 14.2. The fourth-order valence-electron chi connectivity index (χ4n) is 4.54.